The Morgan fingerprint density at radius 1 is 1.14 bits per heavy atom. The van der Waals surface area contributed by atoms with Gasteiger partial charge in [-0.3, -0.25) is 4.79 Å². The highest BCUT2D eigenvalue weighted by molar-refractivity contribution is 7.89. The van der Waals surface area contributed by atoms with Gasteiger partial charge in [0.1, 0.15) is 6.10 Å². The summed E-state index contributed by atoms with van der Waals surface area (Å²) in [6.45, 7) is 3.36. The van der Waals surface area contributed by atoms with E-state index in [0.29, 0.717) is 24.3 Å². The van der Waals surface area contributed by atoms with Crippen LogP contribution in [0.15, 0.2) is 59.5 Å². The van der Waals surface area contributed by atoms with Gasteiger partial charge in [-0.1, -0.05) is 50.2 Å². The summed E-state index contributed by atoms with van der Waals surface area (Å²) in [7, 11) is -3.66. The van der Waals surface area contributed by atoms with Gasteiger partial charge in [0.15, 0.2) is 6.29 Å². The van der Waals surface area contributed by atoms with Crippen LogP contribution in [0.25, 0.3) is 0 Å². The number of rotatable bonds is 14. The lowest BCUT2D eigenvalue weighted by atomic mass is 9.88. The lowest BCUT2D eigenvalue weighted by molar-refractivity contribution is -0.170. The number of alkyl halides is 3. The normalized spacial score (nSPS) is 20.7. The number of aliphatic hydroxyl groups is 1. The van der Waals surface area contributed by atoms with Crippen LogP contribution in [0.2, 0.25) is 0 Å². The topological polar surface area (TPSA) is 158 Å². The van der Waals surface area contributed by atoms with E-state index in [1.807, 2.05) is 6.07 Å². The Bertz CT molecular complexity index is 1600. The molecule has 12 nitrogen and oxygen atoms in total. The van der Waals surface area contributed by atoms with Crippen LogP contribution in [0, 0.1) is 22.7 Å². The number of alkyl carbamates (subject to hydrolysis) is 1. The van der Waals surface area contributed by atoms with Crippen molar-refractivity contribution in [3.63, 3.8) is 0 Å². The van der Waals surface area contributed by atoms with E-state index < -0.39 is 69.6 Å². The van der Waals surface area contributed by atoms with E-state index in [1.54, 1.807) is 44.2 Å². The molecule has 268 valence electrons. The summed E-state index contributed by atoms with van der Waals surface area (Å²) >= 11 is 0. The van der Waals surface area contributed by atoms with E-state index in [2.05, 4.69) is 5.32 Å². The number of carbonyl (C=O) groups is 2. The molecular formula is C33H41F3N4O8S. The Kier molecular flexibility index (Phi) is 12.3. The number of ether oxygens (including phenoxy) is 3. The number of amides is 2. The fourth-order valence-electron chi connectivity index (χ4n) is 5.87. The second kappa shape index (κ2) is 15.9. The lowest BCUT2D eigenvalue weighted by Gasteiger charge is -2.35. The zero-order valence-corrected chi connectivity index (χ0v) is 28.2. The predicted molar refractivity (Wildman–Crippen MR) is 170 cm³/mol. The predicted octanol–water partition coefficient (Wildman–Crippen LogP) is 3.99. The van der Waals surface area contributed by atoms with Crippen molar-refractivity contribution in [3.05, 3.63) is 60.2 Å². The maximum atomic E-state index is 14.2. The third kappa shape index (κ3) is 9.92. The highest BCUT2D eigenvalue weighted by Gasteiger charge is 2.45. The minimum absolute atomic E-state index is 0.0962. The highest BCUT2D eigenvalue weighted by Crippen LogP contribution is 2.33. The van der Waals surface area contributed by atoms with Gasteiger partial charge in [-0.05, 0) is 48.4 Å². The molecule has 2 heterocycles. The summed E-state index contributed by atoms with van der Waals surface area (Å²) in [4.78, 5) is 24.9. The lowest BCUT2D eigenvalue weighted by Crippen LogP contribution is -2.52. The van der Waals surface area contributed by atoms with Crippen LogP contribution in [0.5, 0.6) is 0 Å². The fourth-order valence-corrected chi connectivity index (χ4v) is 7.55. The molecule has 2 aliphatic rings. The third-order valence-corrected chi connectivity index (χ3v) is 10.4. The molecular weight excluding hydrogens is 669 g/mol. The quantitative estimate of drug-likeness (QED) is 0.296. The third-order valence-electron chi connectivity index (χ3n) is 8.61. The van der Waals surface area contributed by atoms with Crippen LogP contribution in [0.4, 0.5) is 23.7 Å². The molecule has 2 amide bonds. The number of anilines is 1. The Hall–Kier alpha value is -3.75. The number of halogens is 3. The van der Waals surface area contributed by atoms with Crippen molar-refractivity contribution in [2.45, 2.75) is 75.1 Å². The maximum absolute atomic E-state index is 14.2. The van der Waals surface area contributed by atoms with Gasteiger partial charge >= 0.3 is 18.2 Å². The number of nitrogens with zero attached hydrogens (tertiary/aromatic N) is 3. The SMILES string of the molecule is CN(C(=O)C(F)(F)F)c1cccc(S(=O)(=O)N(CC(O)[C@H](Cc2ccccc2)NC(=O)OC2COC3OCCC23)CC(C)(C)CCC#N)c1. The van der Waals surface area contributed by atoms with E-state index in [9.17, 15) is 41.5 Å². The summed E-state index contributed by atoms with van der Waals surface area (Å²) in [6.07, 6.45) is -7.42. The van der Waals surface area contributed by atoms with Crippen LogP contribution >= 0.6 is 0 Å². The highest BCUT2D eigenvalue weighted by atomic mass is 32.2. The van der Waals surface area contributed by atoms with Crippen molar-refractivity contribution in [2.75, 3.05) is 38.3 Å². The van der Waals surface area contributed by atoms with Crippen molar-refractivity contribution < 1.29 is 50.5 Å². The largest absolute Gasteiger partial charge is 0.471 e. The van der Waals surface area contributed by atoms with Crippen LogP contribution in [-0.2, 0) is 35.4 Å². The number of fused-ring (bicyclic) bond motifs is 1. The summed E-state index contributed by atoms with van der Waals surface area (Å²) in [5, 5.41) is 23.5. The summed E-state index contributed by atoms with van der Waals surface area (Å²) in [6, 6.07) is 14.4. The molecule has 2 fully saturated rings. The van der Waals surface area contributed by atoms with Crippen LogP contribution in [-0.4, -0.2) is 93.9 Å². The molecule has 0 bridgehead atoms. The zero-order valence-electron chi connectivity index (χ0n) is 27.4. The Balaban J connectivity index is 1.62. The molecule has 5 atom stereocenters. The minimum Gasteiger partial charge on any atom is -0.443 e. The molecule has 0 spiro atoms. The van der Waals surface area contributed by atoms with Gasteiger partial charge in [0, 0.05) is 32.2 Å². The van der Waals surface area contributed by atoms with Crippen LogP contribution < -0.4 is 10.2 Å². The molecule has 2 N–H and O–H groups in total. The van der Waals surface area contributed by atoms with Crippen molar-refractivity contribution in [1.82, 2.24) is 9.62 Å². The average Bonchev–Trinajstić information content (AvgIpc) is 3.67. The van der Waals surface area contributed by atoms with E-state index in [4.69, 9.17) is 14.2 Å². The molecule has 0 aliphatic carbocycles. The van der Waals surface area contributed by atoms with Crippen LogP contribution in [0.1, 0.15) is 38.7 Å². The molecule has 2 aromatic carbocycles. The smallest absolute Gasteiger partial charge is 0.443 e. The Morgan fingerprint density at radius 3 is 2.53 bits per heavy atom. The zero-order chi connectivity index (χ0) is 36.0. The number of nitrogens with one attached hydrogen (secondary N) is 1. The van der Waals surface area contributed by atoms with Gasteiger partial charge in [0.2, 0.25) is 10.0 Å². The van der Waals surface area contributed by atoms with E-state index in [-0.39, 0.29) is 37.6 Å². The summed E-state index contributed by atoms with van der Waals surface area (Å²) < 4.78 is 85.5. The van der Waals surface area contributed by atoms with Crippen molar-refractivity contribution >= 4 is 27.7 Å². The van der Waals surface area contributed by atoms with Gasteiger partial charge in [-0.15, -0.1) is 0 Å². The molecule has 0 radical (unpaired) electrons. The van der Waals surface area contributed by atoms with Gasteiger partial charge < -0.3 is 29.5 Å². The number of hydrogen-bond donors (Lipinski definition) is 2. The van der Waals surface area contributed by atoms with E-state index in [0.717, 1.165) is 23.0 Å². The van der Waals surface area contributed by atoms with Gasteiger partial charge in [0.05, 0.1) is 42.2 Å². The van der Waals surface area contributed by atoms with Crippen molar-refractivity contribution in [2.24, 2.45) is 11.3 Å². The van der Waals surface area contributed by atoms with Crippen LogP contribution in [0.3, 0.4) is 0 Å². The maximum Gasteiger partial charge on any atom is 0.471 e. The number of nitriles is 1. The Labute approximate surface area is 283 Å². The van der Waals surface area contributed by atoms with Crippen molar-refractivity contribution in [3.8, 4) is 6.07 Å². The summed E-state index contributed by atoms with van der Waals surface area (Å²) in [5.74, 6) is -2.32. The second-order valence-corrected chi connectivity index (χ2v) is 14.9. The first-order valence-corrected chi connectivity index (χ1v) is 17.2. The average molecular weight is 711 g/mol. The molecule has 4 unspecified atom stereocenters. The molecule has 4 rings (SSSR count). The first kappa shape index (κ1) is 38.1. The number of sulfonamides is 1. The number of aliphatic hydroxyl groups excluding tert-OH is 1. The standard InChI is InChI=1S/C33H41F3N4O8S/c1-32(2,14-8-15-37)21-40(49(44,45)24-12-7-11-23(18-24)39(3)30(42)33(34,35)36)19-27(41)26(17-22-9-5-4-6-10-22)38-31(43)48-28-20-47-29-25(28)13-16-46-29/h4-7,9-12,18,25-29,41H,8,13-14,16-17,19-21H2,1-3H3,(H,38,43)/t25?,26-,27?,28?,29?/m0/s1. The fraction of sp³-hybridized carbons (Fsp3) is 0.545. The minimum atomic E-state index is -5.19. The van der Waals surface area contributed by atoms with Gasteiger partial charge in [0.25, 0.3) is 0 Å². The molecule has 2 aliphatic heterocycles. The number of benzene rings is 2. The molecule has 2 aromatic rings. The molecule has 49 heavy (non-hydrogen) atoms. The number of carbonyl (C=O) groups excluding carboxylic acids is 2. The molecule has 0 saturated carbocycles. The first-order chi connectivity index (χ1) is 23.0. The van der Waals surface area contributed by atoms with Gasteiger partial charge in [-0.25, -0.2) is 13.2 Å². The van der Waals surface area contributed by atoms with E-state index in [1.165, 1.54) is 18.2 Å². The monoisotopic (exact) mass is 710 g/mol. The van der Waals surface area contributed by atoms with Crippen molar-refractivity contribution in [1.29, 1.82) is 5.26 Å². The van der Waals surface area contributed by atoms with Gasteiger partial charge in [-0.2, -0.15) is 22.7 Å². The Morgan fingerprint density at radius 2 is 1.86 bits per heavy atom. The molecule has 0 aromatic heterocycles. The second-order valence-electron chi connectivity index (χ2n) is 13.0. The molecule has 2 saturated heterocycles. The summed E-state index contributed by atoms with van der Waals surface area (Å²) in [5.41, 5.74) is -0.369. The molecule has 16 heteroatoms. The van der Waals surface area contributed by atoms with E-state index >= 15 is 0 Å². The first-order valence-electron chi connectivity index (χ1n) is 15.8. The number of hydrogen-bond acceptors (Lipinski definition) is 9.